The van der Waals surface area contributed by atoms with E-state index in [1.165, 1.54) is 27.6 Å². The van der Waals surface area contributed by atoms with E-state index < -0.39 is 13.3 Å². The molecule has 2 unspecified atom stereocenters. The van der Waals surface area contributed by atoms with Gasteiger partial charge >= 0.3 is 0 Å². The van der Waals surface area contributed by atoms with Gasteiger partial charge in [-0.05, 0) is 90.9 Å². The molecule has 0 radical (unpaired) electrons. The van der Waals surface area contributed by atoms with Gasteiger partial charge in [0.15, 0.2) is 0 Å². The van der Waals surface area contributed by atoms with E-state index in [9.17, 15) is 5.11 Å². The number of aromatic hydroxyl groups is 1. The highest BCUT2D eigenvalue weighted by Gasteiger charge is 2.50. The summed E-state index contributed by atoms with van der Waals surface area (Å²) in [5.41, 5.74) is 9.19. The molecule has 2 nitrogen and oxygen atoms in total. The smallest absolute Gasteiger partial charge is 0.127 e. The van der Waals surface area contributed by atoms with Gasteiger partial charge in [0, 0.05) is 16.7 Å². The number of para-hydroxylation sites is 1. The Balaban J connectivity index is 1.46. The van der Waals surface area contributed by atoms with Crippen LogP contribution < -0.4 is 5.30 Å². The van der Waals surface area contributed by atoms with E-state index in [4.69, 9.17) is 4.99 Å². The number of nitrogens with zero attached hydrogens (tertiary/aromatic N) is 1. The van der Waals surface area contributed by atoms with E-state index in [2.05, 4.69) is 166 Å². The molecule has 0 bridgehead atoms. The van der Waals surface area contributed by atoms with E-state index in [0.717, 1.165) is 62.0 Å². The van der Waals surface area contributed by atoms with Gasteiger partial charge in [-0.15, -0.1) is 0 Å². The second-order valence-corrected chi connectivity index (χ2v) is 15.3. The Morgan fingerprint density at radius 1 is 0.625 bits per heavy atom. The molecule has 8 rings (SSSR count). The van der Waals surface area contributed by atoms with Crippen LogP contribution in [0.15, 0.2) is 151 Å². The van der Waals surface area contributed by atoms with Gasteiger partial charge in [0.05, 0.1) is 16.6 Å². The number of aliphatic imine (C=N–C) groups is 1. The summed E-state index contributed by atoms with van der Waals surface area (Å²) in [4.78, 5) is 5.74. The van der Waals surface area contributed by atoms with Gasteiger partial charge in [0.2, 0.25) is 0 Å². The van der Waals surface area contributed by atoms with Crippen LogP contribution >= 0.6 is 7.92 Å². The molecule has 1 aliphatic heterocycles. The molecule has 0 aromatic heterocycles. The van der Waals surface area contributed by atoms with Crippen LogP contribution in [0, 0.1) is 20.8 Å². The fourth-order valence-corrected chi connectivity index (χ4v) is 10.8. The quantitative estimate of drug-likeness (QED) is 0.148. The molecule has 1 N–H and O–H groups in total. The first-order chi connectivity index (χ1) is 23.5. The number of fused-ring (bicyclic) bond motifs is 2. The molecule has 1 fully saturated rings. The molecule has 0 aliphatic carbocycles. The lowest BCUT2D eigenvalue weighted by Crippen LogP contribution is -2.33. The predicted octanol–water partition coefficient (Wildman–Crippen LogP) is 11.5. The second-order valence-electron chi connectivity index (χ2n) is 13.1. The molecular formula is C45H38NOP. The first-order valence-corrected chi connectivity index (χ1v) is 18.3. The summed E-state index contributed by atoms with van der Waals surface area (Å²) in [6.07, 6.45) is 1.84. The van der Waals surface area contributed by atoms with Crippen LogP contribution in [-0.2, 0) is 5.41 Å². The summed E-state index contributed by atoms with van der Waals surface area (Å²) in [5.74, 6) is 0.331. The van der Waals surface area contributed by atoms with Gasteiger partial charge in [0.1, 0.15) is 5.75 Å². The zero-order valence-corrected chi connectivity index (χ0v) is 28.5. The topological polar surface area (TPSA) is 32.6 Å². The fraction of sp³-hybridized carbons (Fsp3) is 0.133. The van der Waals surface area contributed by atoms with Crippen molar-refractivity contribution in [3.8, 4) is 16.9 Å². The number of aryl methyl sites for hydroxylation is 3. The Bertz CT molecular complexity index is 2270. The minimum absolute atomic E-state index is 0.331. The molecule has 3 heteroatoms. The van der Waals surface area contributed by atoms with Crippen molar-refractivity contribution in [2.75, 3.05) is 6.16 Å². The van der Waals surface area contributed by atoms with Crippen LogP contribution in [0.25, 0.3) is 32.7 Å². The molecule has 1 saturated heterocycles. The molecule has 234 valence electrons. The van der Waals surface area contributed by atoms with Crippen LogP contribution in [-0.4, -0.2) is 16.7 Å². The van der Waals surface area contributed by atoms with Crippen molar-refractivity contribution in [3.05, 3.63) is 173 Å². The van der Waals surface area contributed by atoms with Crippen LogP contribution in [0.3, 0.4) is 0 Å². The summed E-state index contributed by atoms with van der Waals surface area (Å²) in [5, 5.41) is 18.7. The Morgan fingerprint density at radius 3 is 1.85 bits per heavy atom. The average Bonchev–Trinajstić information content (AvgIpc) is 3.49. The summed E-state index contributed by atoms with van der Waals surface area (Å²) in [7, 11) is -0.789. The lowest BCUT2D eigenvalue weighted by molar-refractivity contribution is 0.460. The van der Waals surface area contributed by atoms with Crippen molar-refractivity contribution in [2.24, 2.45) is 4.99 Å². The van der Waals surface area contributed by atoms with Crippen molar-refractivity contribution in [1.82, 2.24) is 0 Å². The number of benzene rings is 7. The van der Waals surface area contributed by atoms with Gasteiger partial charge in [-0.25, -0.2) is 0 Å². The first kappa shape index (κ1) is 30.3. The first-order valence-electron chi connectivity index (χ1n) is 16.7. The minimum Gasteiger partial charge on any atom is -0.507 e. The van der Waals surface area contributed by atoms with E-state index in [1.54, 1.807) is 0 Å². The summed E-state index contributed by atoms with van der Waals surface area (Å²) in [6.45, 7) is 6.50. The van der Waals surface area contributed by atoms with Gasteiger partial charge in [0.25, 0.3) is 0 Å². The van der Waals surface area contributed by atoms with E-state index in [-0.39, 0.29) is 0 Å². The Labute approximate surface area is 284 Å². The highest BCUT2D eigenvalue weighted by Crippen LogP contribution is 2.61. The molecule has 2 atom stereocenters. The summed E-state index contributed by atoms with van der Waals surface area (Å²) < 4.78 is 0. The standard InChI is InChI=1S/C45H38NOP/c1-30-27-31(2)42(32(3)28-30)46-44-45(35-17-6-4-7-18-35,25-26-48(44)36-19-8-5-9-20-36)40-24-14-23-39(43(40)47)41-37-21-12-10-15-33(37)29-34-16-11-13-22-38(34)41/h4-24,27-29,47H,25-26H2,1-3H3. The third-order valence-electron chi connectivity index (χ3n) is 10.1. The molecular weight excluding hydrogens is 601 g/mol. The number of hydrogen-bond acceptors (Lipinski definition) is 2. The van der Waals surface area contributed by atoms with Crippen LogP contribution in [0.5, 0.6) is 5.75 Å². The summed E-state index contributed by atoms with van der Waals surface area (Å²) >= 11 is 0. The van der Waals surface area contributed by atoms with Crippen molar-refractivity contribution in [3.63, 3.8) is 0 Å². The highest BCUT2D eigenvalue weighted by atomic mass is 31.1. The van der Waals surface area contributed by atoms with Gasteiger partial charge in [-0.2, -0.15) is 0 Å². The maximum atomic E-state index is 12.8. The van der Waals surface area contributed by atoms with Crippen molar-refractivity contribution < 1.29 is 5.11 Å². The van der Waals surface area contributed by atoms with Crippen LogP contribution in [0.1, 0.15) is 34.2 Å². The van der Waals surface area contributed by atoms with Crippen molar-refractivity contribution in [2.45, 2.75) is 32.6 Å². The van der Waals surface area contributed by atoms with Crippen molar-refractivity contribution in [1.29, 1.82) is 0 Å². The average molecular weight is 640 g/mol. The SMILES string of the molecule is Cc1cc(C)c(N=C2P(c3ccccc3)CCC2(c2ccccc2)c2cccc(-c3c4ccccc4cc4ccccc34)c2O)c(C)c1. The number of phenolic OH excluding ortho intramolecular Hbond substituents is 1. The molecule has 1 aliphatic rings. The Morgan fingerprint density at radius 2 is 1.21 bits per heavy atom. The maximum Gasteiger partial charge on any atom is 0.127 e. The van der Waals surface area contributed by atoms with Gasteiger partial charge in [-0.3, -0.25) is 4.99 Å². The molecule has 0 saturated carbocycles. The zero-order chi connectivity index (χ0) is 32.8. The largest absolute Gasteiger partial charge is 0.507 e. The Kier molecular flexibility index (Phi) is 7.70. The zero-order valence-electron chi connectivity index (χ0n) is 27.6. The fourth-order valence-electron chi connectivity index (χ4n) is 8.00. The van der Waals surface area contributed by atoms with E-state index in [1.807, 2.05) is 0 Å². The van der Waals surface area contributed by atoms with Crippen LogP contribution in [0.4, 0.5) is 5.69 Å². The molecule has 0 spiro atoms. The predicted molar refractivity (Wildman–Crippen MR) is 206 cm³/mol. The number of phenols is 1. The summed E-state index contributed by atoms with van der Waals surface area (Å²) in [6, 6.07) is 51.8. The molecule has 1 heterocycles. The lowest BCUT2D eigenvalue weighted by Gasteiger charge is -2.34. The lowest BCUT2D eigenvalue weighted by atomic mass is 9.72. The third kappa shape index (κ3) is 4.95. The number of hydrogen-bond donors (Lipinski definition) is 1. The third-order valence-corrected chi connectivity index (χ3v) is 12.7. The Hall–Kier alpha value is -5.04. The molecule has 0 amide bonds. The highest BCUT2D eigenvalue weighted by molar-refractivity contribution is 7.82. The second kappa shape index (κ2) is 12.2. The monoisotopic (exact) mass is 639 g/mol. The molecule has 7 aromatic rings. The van der Waals surface area contributed by atoms with Gasteiger partial charge in [-0.1, -0.05) is 145 Å². The van der Waals surface area contributed by atoms with Crippen LogP contribution in [0.2, 0.25) is 0 Å². The minimum atomic E-state index is -0.789. The molecule has 48 heavy (non-hydrogen) atoms. The maximum absolute atomic E-state index is 12.8. The van der Waals surface area contributed by atoms with E-state index >= 15 is 0 Å². The van der Waals surface area contributed by atoms with Gasteiger partial charge < -0.3 is 5.11 Å². The molecule has 7 aromatic carbocycles. The normalized spacial score (nSPS) is 18.6. The number of rotatable bonds is 5. The van der Waals surface area contributed by atoms with E-state index in [0.29, 0.717) is 5.75 Å². The van der Waals surface area contributed by atoms with Crippen molar-refractivity contribution >= 4 is 45.9 Å².